The fourth-order valence-corrected chi connectivity index (χ4v) is 5.00. The van der Waals surface area contributed by atoms with Gasteiger partial charge in [0.25, 0.3) is 0 Å². The maximum Gasteiger partial charge on any atom is 0.343 e. The van der Waals surface area contributed by atoms with Gasteiger partial charge in [-0.15, -0.1) is 0 Å². The lowest BCUT2D eigenvalue weighted by atomic mass is 9.78. The molecule has 0 unspecified atom stereocenters. The molecule has 0 aliphatic heterocycles. The second-order valence-corrected chi connectivity index (χ2v) is 10.1. The zero-order valence-corrected chi connectivity index (χ0v) is 22.1. The molecule has 0 aromatic heterocycles. The molecule has 1 aliphatic rings. The van der Waals surface area contributed by atoms with Crippen LogP contribution in [0, 0.1) is 17.7 Å². The van der Waals surface area contributed by atoms with Gasteiger partial charge >= 0.3 is 5.97 Å². The monoisotopic (exact) mass is 498 g/mol. The number of carbonyl (C=O) groups excluding carboxylic acids is 1. The number of carbonyl (C=O) groups is 1. The van der Waals surface area contributed by atoms with Crippen LogP contribution in [-0.2, 0) is 0 Å². The zero-order chi connectivity index (χ0) is 25.6. The van der Waals surface area contributed by atoms with Crippen LogP contribution in [0.5, 0.6) is 17.2 Å². The van der Waals surface area contributed by atoms with Crippen LogP contribution in [0.15, 0.2) is 42.5 Å². The molecule has 2 aromatic rings. The van der Waals surface area contributed by atoms with E-state index in [-0.39, 0.29) is 11.3 Å². The molecule has 1 saturated carbocycles. The number of halogens is 1. The highest BCUT2D eigenvalue weighted by Gasteiger charge is 2.20. The number of hydrogen-bond acceptors (Lipinski definition) is 4. The lowest BCUT2D eigenvalue weighted by molar-refractivity contribution is 0.0734. The van der Waals surface area contributed by atoms with Crippen molar-refractivity contribution in [2.75, 3.05) is 13.2 Å². The van der Waals surface area contributed by atoms with Crippen LogP contribution in [0.3, 0.4) is 0 Å². The summed E-state index contributed by atoms with van der Waals surface area (Å²) < 4.78 is 31.1. The third kappa shape index (κ3) is 9.48. The summed E-state index contributed by atoms with van der Waals surface area (Å²) in [6.07, 6.45) is 14.7. The molecule has 4 nitrogen and oxygen atoms in total. The van der Waals surface area contributed by atoms with Crippen molar-refractivity contribution >= 4 is 5.97 Å². The second-order valence-electron chi connectivity index (χ2n) is 10.1. The number of hydrogen-bond donors (Lipinski definition) is 0. The zero-order valence-electron chi connectivity index (χ0n) is 22.1. The van der Waals surface area contributed by atoms with Gasteiger partial charge in [0.05, 0.1) is 18.8 Å². The van der Waals surface area contributed by atoms with Crippen molar-refractivity contribution in [3.05, 3.63) is 53.8 Å². The van der Waals surface area contributed by atoms with Gasteiger partial charge in [-0.25, -0.2) is 9.18 Å². The van der Waals surface area contributed by atoms with Gasteiger partial charge < -0.3 is 14.2 Å². The molecule has 3 rings (SSSR count). The summed E-state index contributed by atoms with van der Waals surface area (Å²) in [6.45, 7) is 5.59. The molecule has 2 aromatic carbocycles. The minimum Gasteiger partial charge on any atom is -0.494 e. The summed E-state index contributed by atoms with van der Waals surface area (Å²) in [5.41, 5.74) is 0.148. The average molecular weight is 499 g/mol. The molecule has 0 bridgehead atoms. The van der Waals surface area contributed by atoms with E-state index in [1.807, 2.05) is 0 Å². The second kappa shape index (κ2) is 15.5. The molecule has 0 atom stereocenters. The summed E-state index contributed by atoms with van der Waals surface area (Å²) in [6, 6.07) is 11.2. The van der Waals surface area contributed by atoms with Crippen LogP contribution in [0.1, 0.15) is 101 Å². The SMILES string of the molecule is CCCCCCOc1ccc(C(=O)Oc2ccc(OCCCC3CCC(CCC)CC3)cc2)cc1F. The summed E-state index contributed by atoms with van der Waals surface area (Å²) in [4.78, 5) is 12.5. The van der Waals surface area contributed by atoms with Gasteiger partial charge in [0.15, 0.2) is 11.6 Å². The molecule has 36 heavy (non-hydrogen) atoms. The lowest BCUT2D eigenvalue weighted by Gasteiger charge is -2.28. The van der Waals surface area contributed by atoms with Crippen LogP contribution >= 0.6 is 0 Å². The normalized spacial score (nSPS) is 17.5. The van der Waals surface area contributed by atoms with Gasteiger partial charge in [0.2, 0.25) is 0 Å². The van der Waals surface area contributed by atoms with Gasteiger partial charge in [-0.1, -0.05) is 71.6 Å². The first-order valence-electron chi connectivity index (χ1n) is 14.0. The van der Waals surface area contributed by atoms with Crippen LogP contribution in [0.25, 0.3) is 0 Å². The topological polar surface area (TPSA) is 44.8 Å². The molecule has 0 radical (unpaired) electrons. The molecule has 198 valence electrons. The lowest BCUT2D eigenvalue weighted by Crippen LogP contribution is -2.15. The van der Waals surface area contributed by atoms with E-state index in [0.29, 0.717) is 19.0 Å². The summed E-state index contributed by atoms with van der Waals surface area (Å²) in [5, 5.41) is 0. The van der Waals surface area contributed by atoms with Gasteiger partial charge in [0, 0.05) is 0 Å². The van der Waals surface area contributed by atoms with Crippen LogP contribution in [0.2, 0.25) is 0 Å². The van der Waals surface area contributed by atoms with E-state index in [2.05, 4.69) is 13.8 Å². The Kier molecular flexibility index (Phi) is 12.1. The smallest absolute Gasteiger partial charge is 0.343 e. The molecule has 1 fully saturated rings. The number of ether oxygens (including phenoxy) is 3. The first-order valence-corrected chi connectivity index (χ1v) is 14.0. The largest absolute Gasteiger partial charge is 0.494 e. The van der Waals surface area contributed by atoms with E-state index in [0.717, 1.165) is 55.8 Å². The molecular formula is C31H43FO4. The Hall–Kier alpha value is -2.56. The maximum atomic E-state index is 14.3. The first kappa shape index (κ1) is 28.0. The quantitative estimate of drug-likeness (QED) is 0.140. The third-order valence-electron chi connectivity index (χ3n) is 7.15. The van der Waals surface area contributed by atoms with Crippen molar-refractivity contribution in [2.24, 2.45) is 11.8 Å². The molecule has 0 spiro atoms. The van der Waals surface area contributed by atoms with E-state index >= 15 is 0 Å². The van der Waals surface area contributed by atoms with Crippen molar-refractivity contribution < 1.29 is 23.4 Å². The molecule has 0 saturated heterocycles. The van der Waals surface area contributed by atoms with E-state index in [1.54, 1.807) is 24.3 Å². The molecule has 5 heteroatoms. The Morgan fingerprint density at radius 2 is 1.44 bits per heavy atom. The summed E-state index contributed by atoms with van der Waals surface area (Å²) in [5.74, 6) is 1.95. The van der Waals surface area contributed by atoms with Crippen LogP contribution in [0.4, 0.5) is 4.39 Å². The minimum absolute atomic E-state index is 0.148. The Bertz CT molecular complexity index is 903. The Morgan fingerprint density at radius 3 is 2.11 bits per heavy atom. The Morgan fingerprint density at radius 1 is 0.778 bits per heavy atom. The van der Waals surface area contributed by atoms with E-state index in [4.69, 9.17) is 14.2 Å². The molecule has 0 amide bonds. The molecule has 1 aliphatic carbocycles. The van der Waals surface area contributed by atoms with Crippen molar-refractivity contribution in [2.45, 2.75) is 90.9 Å². The number of benzene rings is 2. The minimum atomic E-state index is -0.606. The Balaban J connectivity index is 1.36. The number of rotatable bonds is 15. The van der Waals surface area contributed by atoms with Gasteiger partial charge in [-0.05, 0) is 73.6 Å². The van der Waals surface area contributed by atoms with Crippen LogP contribution < -0.4 is 14.2 Å². The Labute approximate surface area is 216 Å². The fourth-order valence-electron chi connectivity index (χ4n) is 5.00. The number of unbranched alkanes of at least 4 members (excludes halogenated alkanes) is 3. The van der Waals surface area contributed by atoms with Gasteiger partial charge in [0.1, 0.15) is 11.5 Å². The first-order chi connectivity index (χ1) is 17.6. The van der Waals surface area contributed by atoms with Gasteiger partial charge in [-0.2, -0.15) is 0 Å². The average Bonchev–Trinajstić information content (AvgIpc) is 2.89. The van der Waals surface area contributed by atoms with Gasteiger partial charge in [-0.3, -0.25) is 0 Å². The highest BCUT2D eigenvalue weighted by atomic mass is 19.1. The highest BCUT2D eigenvalue weighted by Crippen LogP contribution is 2.33. The van der Waals surface area contributed by atoms with Crippen molar-refractivity contribution in [3.8, 4) is 17.2 Å². The maximum absolute atomic E-state index is 14.3. The molecule has 0 heterocycles. The van der Waals surface area contributed by atoms with Crippen molar-refractivity contribution in [1.82, 2.24) is 0 Å². The predicted molar refractivity (Wildman–Crippen MR) is 143 cm³/mol. The fraction of sp³-hybridized carbons (Fsp3) is 0.581. The number of esters is 1. The standard InChI is InChI=1S/C31H43FO4/c1-3-5-6-7-21-35-30-20-15-26(23-29(30)32)31(33)36-28-18-16-27(17-19-28)34-22-8-10-25-13-11-24(9-4-2)12-14-25/h15-20,23-25H,3-14,21-22H2,1-2H3. The third-order valence-corrected chi connectivity index (χ3v) is 7.15. The van der Waals surface area contributed by atoms with E-state index in [9.17, 15) is 9.18 Å². The summed E-state index contributed by atoms with van der Waals surface area (Å²) in [7, 11) is 0. The molecular weight excluding hydrogens is 455 g/mol. The summed E-state index contributed by atoms with van der Waals surface area (Å²) >= 11 is 0. The predicted octanol–water partition coefficient (Wildman–Crippen LogP) is 8.77. The van der Waals surface area contributed by atoms with Crippen molar-refractivity contribution in [3.63, 3.8) is 0 Å². The molecule has 0 N–H and O–H groups in total. The van der Waals surface area contributed by atoms with Crippen molar-refractivity contribution in [1.29, 1.82) is 0 Å². The van der Waals surface area contributed by atoms with Crippen LogP contribution in [-0.4, -0.2) is 19.2 Å². The van der Waals surface area contributed by atoms with E-state index < -0.39 is 11.8 Å². The highest BCUT2D eigenvalue weighted by molar-refractivity contribution is 5.91. The van der Waals surface area contributed by atoms with E-state index in [1.165, 1.54) is 57.1 Å².